The zero-order valence-electron chi connectivity index (χ0n) is 30.0. The van der Waals surface area contributed by atoms with Gasteiger partial charge in [0, 0.05) is 33.9 Å². The fraction of sp³-hybridized carbons (Fsp3) is 0.700. The van der Waals surface area contributed by atoms with Crippen molar-refractivity contribution in [2.24, 2.45) is 17.3 Å². The lowest BCUT2D eigenvalue weighted by molar-refractivity contribution is -0.162. The van der Waals surface area contributed by atoms with Crippen molar-refractivity contribution in [3.8, 4) is 0 Å². The molecule has 0 heterocycles. The van der Waals surface area contributed by atoms with Crippen molar-refractivity contribution >= 4 is 0 Å². The Morgan fingerprint density at radius 1 is 0.568 bits per heavy atom. The van der Waals surface area contributed by atoms with E-state index in [0.717, 1.165) is 25.7 Å². The van der Waals surface area contributed by atoms with Crippen LogP contribution in [-0.2, 0) is 24.4 Å². The van der Waals surface area contributed by atoms with E-state index in [4.69, 9.17) is 18.9 Å². The van der Waals surface area contributed by atoms with Crippen LogP contribution in [0, 0.1) is 31.1 Å². The number of benzene rings is 2. The molecule has 0 aliphatic rings. The van der Waals surface area contributed by atoms with Crippen molar-refractivity contribution in [1.82, 2.24) is 0 Å². The second-order valence-corrected chi connectivity index (χ2v) is 13.5. The number of aryl methyl sites for hydroxylation is 2. The van der Waals surface area contributed by atoms with Gasteiger partial charge in [-0.3, -0.25) is 0 Å². The minimum atomic E-state index is -0.596. The maximum absolute atomic E-state index is 6.80. The van der Waals surface area contributed by atoms with E-state index in [1.54, 1.807) is 0 Å². The van der Waals surface area contributed by atoms with Crippen LogP contribution in [0.4, 0.5) is 0 Å². The Morgan fingerprint density at radius 3 is 1.30 bits per heavy atom. The maximum Gasteiger partial charge on any atom is 0.0998 e. The van der Waals surface area contributed by atoms with Gasteiger partial charge in [-0.1, -0.05) is 139 Å². The predicted octanol–water partition coefficient (Wildman–Crippen LogP) is 10.1. The highest BCUT2D eigenvalue weighted by molar-refractivity contribution is 5.44. The van der Waals surface area contributed by atoms with Crippen LogP contribution in [0.5, 0.6) is 0 Å². The summed E-state index contributed by atoms with van der Waals surface area (Å²) in [6, 6.07) is 17.9. The van der Waals surface area contributed by atoms with E-state index in [2.05, 4.69) is 90.1 Å². The molecule has 0 N–H and O–H groups in total. The highest BCUT2D eigenvalue weighted by Gasteiger charge is 2.54. The smallest absolute Gasteiger partial charge is 0.0998 e. The molecule has 0 amide bonds. The molecule has 0 aliphatic carbocycles. The minimum Gasteiger partial charge on any atom is -0.384 e. The summed E-state index contributed by atoms with van der Waals surface area (Å²) in [6.45, 7) is 14.7. The predicted molar refractivity (Wildman–Crippen MR) is 187 cm³/mol. The molecule has 4 unspecified atom stereocenters. The molecule has 250 valence electrons. The number of unbranched alkanes of at least 4 members (excludes halogenated alkanes) is 2. The molecule has 4 nitrogen and oxygen atoms in total. The van der Waals surface area contributed by atoms with E-state index < -0.39 is 5.41 Å². The van der Waals surface area contributed by atoms with Gasteiger partial charge in [-0.2, -0.15) is 0 Å². The highest BCUT2D eigenvalue weighted by atomic mass is 16.5. The summed E-state index contributed by atoms with van der Waals surface area (Å²) in [5.74, 6) is 1.19. The molecule has 4 heteroatoms. The Bertz CT molecular complexity index is 951. The molecular formula is C40H66O4. The molecule has 2 rings (SSSR count). The van der Waals surface area contributed by atoms with E-state index in [1.165, 1.54) is 60.8 Å². The molecule has 2 aromatic rings. The van der Waals surface area contributed by atoms with E-state index in [-0.39, 0.29) is 17.6 Å². The van der Waals surface area contributed by atoms with Crippen LogP contribution in [0.2, 0.25) is 0 Å². The highest BCUT2D eigenvalue weighted by Crippen LogP contribution is 2.49. The minimum absolute atomic E-state index is 0.225. The normalized spacial score (nSPS) is 16.3. The molecule has 0 saturated heterocycles. The number of ether oxygens (including phenoxy) is 4. The van der Waals surface area contributed by atoms with Gasteiger partial charge in [0.25, 0.3) is 0 Å². The molecule has 0 bridgehead atoms. The first-order valence-corrected chi connectivity index (χ1v) is 17.4. The van der Waals surface area contributed by atoms with Gasteiger partial charge in [0.1, 0.15) is 0 Å². The quantitative estimate of drug-likeness (QED) is 0.125. The maximum atomic E-state index is 6.80. The molecular weight excluding hydrogens is 544 g/mol. The Labute approximate surface area is 271 Å². The van der Waals surface area contributed by atoms with Gasteiger partial charge in [-0.15, -0.1) is 0 Å². The van der Waals surface area contributed by atoms with Gasteiger partial charge >= 0.3 is 0 Å². The SMILES string of the molecule is CCCCC(CC)CC(COC)(CC(CC)CCCC)C(OC)C(OC)C(COC)(c1ccc(C)cc1)c1ccc(C)cc1. The van der Waals surface area contributed by atoms with Crippen molar-refractivity contribution in [3.63, 3.8) is 0 Å². The van der Waals surface area contributed by atoms with E-state index in [9.17, 15) is 0 Å². The summed E-state index contributed by atoms with van der Waals surface area (Å²) in [7, 11) is 7.43. The molecule has 4 atom stereocenters. The lowest BCUT2D eigenvalue weighted by atomic mass is 9.60. The molecule has 0 radical (unpaired) electrons. The number of hydrogen-bond acceptors (Lipinski definition) is 4. The van der Waals surface area contributed by atoms with Crippen LogP contribution in [0.15, 0.2) is 48.5 Å². The second kappa shape index (κ2) is 19.7. The lowest BCUT2D eigenvalue weighted by Gasteiger charge is -2.51. The summed E-state index contributed by atoms with van der Waals surface area (Å²) < 4.78 is 26.0. The second-order valence-electron chi connectivity index (χ2n) is 13.5. The van der Waals surface area contributed by atoms with Gasteiger partial charge in [0.05, 0.1) is 30.8 Å². The van der Waals surface area contributed by atoms with Crippen LogP contribution in [0.3, 0.4) is 0 Å². The van der Waals surface area contributed by atoms with Crippen LogP contribution in [-0.4, -0.2) is 53.9 Å². The van der Waals surface area contributed by atoms with Crippen molar-refractivity contribution < 1.29 is 18.9 Å². The standard InChI is InChI=1S/C40H66O4/c1-11-15-17-33(13-3)27-39(29-41-7,28-34(14-4)18-16-12-2)37(43-9)38(44-10)40(30-42-8,35-23-19-31(5)20-24-35)36-25-21-32(6)22-26-36/h19-26,33-34,37-38H,11-18,27-30H2,1-10H3. The Hall–Kier alpha value is -1.72. The fourth-order valence-corrected chi connectivity index (χ4v) is 7.79. The van der Waals surface area contributed by atoms with Gasteiger partial charge in [-0.25, -0.2) is 0 Å². The van der Waals surface area contributed by atoms with Crippen LogP contribution >= 0.6 is 0 Å². The van der Waals surface area contributed by atoms with E-state index in [1.807, 2.05) is 28.4 Å². The Kier molecular flexibility index (Phi) is 17.2. The average molecular weight is 611 g/mol. The van der Waals surface area contributed by atoms with Crippen molar-refractivity contribution in [1.29, 1.82) is 0 Å². The number of methoxy groups -OCH3 is 4. The largest absolute Gasteiger partial charge is 0.384 e. The molecule has 0 saturated carbocycles. The summed E-state index contributed by atoms with van der Waals surface area (Å²) >= 11 is 0. The van der Waals surface area contributed by atoms with Gasteiger partial charge < -0.3 is 18.9 Å². The molecule has 0 aliphatic heterocycles. The van der Waals surface area contributed by atoms with Gasteiger partial charge in [0.2, 0.25) is 0 Å². The van der Waals surface area contributed by atoms with Crippen molar-refractivity contribution in [2.45, 2.75) is 123 Å². The fourth-order valence-electron chi connectivity index (χ4n) is 7.79. The molecule has 2 aromatic carbocycles. The first-order valence-electron chi connectivity index (χ1n) is 17.4. The first-order chi connectivity index (χ1) is 21.2. The third kappa shape index (κ3) is 9.64. The zero-order chi connectivity index (χ0) is 32.6. The van der Waals surface area contributed by atoms with E-state index >= 15 is 0 Å². The zero-order valence-corrected chi connectivity index (χ0v) is 30.0. The van der Waals surface area contributed by atoms with Gasteiger partial charge in [0.15, 0.2) is 0 Å². The number of hydrogen-bond donors (Lipinski definition) is 0. The van der Waals surface area contributed by atoms with Crippen molar-refractivity contribution in [2.75, 3.05) is 41.7 Å². The lowest BCUT2D eigenvalue weighted by Crippen LogP contribution is -2.59. The average Bonchev–Trinajstić information content (AvgIpc) is 3.03. The van der Waals surface area contributed by atoms with Crippen molar-refractivity contribution in [3.05, 3.63) is 70.8 Å². The third-order valence-corrected chi connectivity index (χ3v) is 10.3. The van der Waals surface area contributed by atoms with Crippen LogP contribution < -0.4 is 0 Å². The van der Waals surface area contributed by atoms with E-state index in [0.29, 0.717) is 25.0 Å². The summed E-state index contributed by atoms with van der Waals surface area (Å²) in [5, 5.41) is 0. The Morgan fingerprint density at radius 2 is 0.977 bits per heavy atom. The van der Waals surface area contributed by atoms with Crippen LogP contribution in [0.1, 0.15) is 114 Å². The monoisotopic (exact) mass is 610 g/mol. The molecule has 0 aromatic heterocycles. The molecule has 0 fully saturated rings. The van der Waals surface area contributed by atoms with Gasteiger partial charge in [-0.05, 0) is 49.7 Å². The molecule has 44 heavy (non-hydrogen) atoms. The molecule has 0 spiro atoms. The number of rotatable bonds is 23. The third-order valence-electron chi connectivity index (χ3n) is 10.3. The topological polar surface area (TPSA) is 36.9 Å². The summed E-state index contributed by atoms with van der Waals surface area (Å²) in [5.41, 5.74) is 4.01. The summed E-state index contributed by atoms with van der Waals surface area (Å²) in [4.78, 5) is 0. The van der Waals surface area contributed by atoms with Crippen LogP contribution in [0.25, 0.3) is 0 Å². The first kappa shape index (κ1) is 38.5. The summed E-state index contributed by atoms with van der Waals surface area (Å²) in [6.07, 6.45) is 11.3. The Balaban J connectivity index is 2.91.